The predicted octanol–water partition coefficient (Wildman–Crippen LogP) is 0.457. The number of carbonyl (C=O) groups is 2. The van der Waals surface area contributed by atoms with Crippen molar-refractivity contribution < 1.29 is 9.59 Å². The zero-order chi connectivity index (χ0) is 13.4. The third-order valence-electron chi connectivity index (χ3n) is 3.23. The second-order valence-corrected chi connectivity index (χ2v) is 5.01. The van der Waals surface area contributed by atoms with Crippen molar-refractivity contribution in [2.75, 3.05) is 40.3 Å². The first-order valence-electron chi connectivity index (χ1n) is 6.80. The van der Waals surface area contributed by atoms with E-state index in [1.54, 1.807) is 19.0 Å². The van der Waals surface area contributed by atoms with Crippen molar-refractivity contribution in [3.8, 4) is 0 Å². The van der Waals surface area contributed by atoms with E-state index < -0.39 is 0 Å². The van der Waals surface area contributed by atoms with Crippen molar-refractivity contribution in [1.82, 2.24) is 15.1 Å². The molecule has 0 aromatic rings. The van der Waals surface area contributed by atoms with Crippen LogP contribution in [-0.4, -0.2) is 61.9 Å². The van der Waals surface area contributed by atoms with E-state index in [2.05, 4.69) is 5.32 Å². The monoisotopic (exact) mass is 255 g/mol. The molecule has 5 nitrogen and oxygen atoms in total. The summed E-state index contributed by atoms with van der Waals surface area (Å²) in [6.45, 7) is 2.93. The van der Waals surface area contributed by atoms with Crippen molar-refractivity contribution in [2.24, 2.45) is 0 Å². The van der Waals surface area contributed by atoms with Crippen LogP contribution in [0.4, 0.5) is 0 Å². The summed E-state index contributed by atoms with van der Waals surface area (Å²) in [5.74, 6) is 0.327. The SMILES string of the molecule is CN(C)C(=O)CCCNCC(=O)N1CCCCC1. The van der Waals surface area contributed by atoms with E-state index in [9.17, 15) is 9.59 Å². The molecule has 1 N–H and O–H groups in total. The fourth-order valence-corrected chi connectivity index (χ4v) is 2.04. The predicted molar refractivity (Wildman–Crippen MR) is 71.2 cm³/mol. The quantitative estimate of drug-likeness (QED) is 0.701. The molecule has 0 radical (unpaired) electrons. The molecule has 0 saturated carbocycles. The normalized spacial score (nSPS) is 15.6. The van der Waals surface area contributed by atoms with Gasteiger partial charge in [-0.15, -0.1) is 0 Å². The molecule has 0 aliphatic carbocycles. The molecule has 5 heteroatoms. The minimum Gasteiger partial charge on any atom is -0.349 e. The summed E-state index contributed by atoms with van der Waals surface area (Å²) in [5, 5.41) is 3.11. The minimum absolute atomic E-state index is 0.138. The van der Waals surface area contributed by atoms with Gasteiger partial charge >= 0.3 is 0 Å². The Balaban J connectivity index is 2.03. The van der Waals surface area contributed by atoms with Gasteiger partial charge in [-0.2, -0.15) is 0 Å². The van der Waals surface area contributed by atoms with Gasteiger partial charge in [0.25, 0.3) is 0 Å². The maximum atomic E-state index is 11.8. The molecule has 104 valence electrons. The van der Waals surface area contributed by atoms with Crippen molar-refractivity contribution in [3.63, 3.8) is 0 Å². The second kappa shape index (κ2) is 8.08. The highest BCUT2D eigenvalue weighted by Crippen LogP contribution is 2.08. The van der Waals surface area contributed by atoms with Gasteiger partial charge in [0.1, 0.15) is 0 Å². The number of nitrogens with zero attached hydrogens (tertiary/aromatic N) is 2. The van der Waals surface area contributed by atoms with Crippen LogP contribution < -0.4 is 5.32 Å². The van der Waals surface area contributed by atoms with Gasteiger partial charge in [0.2, 0.25) is 11.8 Å². The topological polar surface area (TPSA) is 52.7 Å². The molecule has 0 bridgehead atoms. The Morgan fingerprint density at radius 3 is 2.44 bits per heavy atom. The van der Waals surface area contributed by atoms with Crippen LogP contribution in [0.5, 0.6) is 0 Å². The first-order valence-corrected chi connectivity index (χ1v) is 6.80. The lowest BCUT2D eigenvalue weighted by Crippen LogP contribution is -2.41. The Morgan fingerprint density at radius 1 is 1.17 bits per heavy atom. The van der Waals surface area contributed by atoms with E-state index in [-0.39, 0.29) is 11.8 Å². The molecule has 1 aliphatic rings. The third kappa shape index (κ3) is 5.49. The average Bonchev–Trinajstić information content (AvgIpc) is 2.38. The molecule has 0 unspecified atom stereocenters. The van der Waals surface area contributed by atoms with Crippen molar-refractivity contribution in [2.45, 2.75) is 32.1 Å². The first-order chi connectivity index (χ1) is 8.61. The summed E-state index contributed by atoms with van der Waals surface area (Å²) < 4.78 is 0. The highest BCUT2D eigenvalue weighted by molar-refractivity contribution is 5.78. The highest BCUT2D eigenvalue weighted by atomic mass is 16.2. The van der Waals surface area contributed by atoms with Gasteiger partial charge in [-0.3, -0.25) is 9.59 Å². The molecule has 1 saturated heterocycles. The standard InChI is InChI=1S/C13H25N3O2/c1-15(2)12(17)7-6-8-14-11-13(18)16-9-4-3-5-10-16/h14H,3-11H2,1-2H3. The van der Waals surface area contributed by atoms with Crippen LogP contribution in [0.2, 0.25) is 0 Å². The lowest BCUT2D eigenvalue weighted by molar-refractivity contribution is -0.131. The highest BCUT2D eigenvalue weighted by Gasteiger charge is 2.15. The molecular formula is C13H25N3O2. The maximum Gasteiger partial charge on any atom is 0.236 e. The van der Waals surface area contributed by atoms with Crippen LogP contribution in [0.3, 0.4) is 0 Å². The summed E-state index contributed by atoms with van der Waals surface area (Å²) in [5.41, 5.74) is 0. The molecule has 1 aliphatic heterocycles. The van der Waals surface area contributed by atoms with E-state index in [0.29, 0.717) is 13.0 Å². The summed E-state index contributed by atoms with van der Waals surface area (Å²) in [4.78, 5) is 26.6. The van der Waals surface area contributed by atoms with E-state index in [0.717, 1.165) is 38.9 Å². The van der Waals surface area contributed by atoms with Crippen molar-refractivity contribution >= 4 is 11.8 Å². The Hall–Kier alpha value is -1.10. The average molecular weight is 255 g/mol. The summed E-state index contributed by atoms with van der Waals surface area (Å²) >= 11 is 0. The third-order valence-corrected chi connectivity index (χ3v) is 3.23. The fraction of sp³-hybridized carbons (Fsp3) is 0.846. The number of carbonyl (C=O) groups excluding carboxylic acids is 2. The molecule has 1 heterocycles. The summed E-state index contributed by atoms with van der Waals surface area (Å²) in [7, 11) is 3.52. The van der Waals surface area contributed by atoms with Crippen LogP contribution in [-0.2, 0) is 9.59 Å². The van der Waals surface area contributed by atoms with E-state index >= 15 is 0 Å². The van der Waals surface area contributed by atoms with Crippen LogP contribution in [0.1, 0.15) is 32.1 Å². The number of nitrogens with one attached hydrogen (secondary N) is 1. The van der Waals surface area contributed by atoms with Crippen LogP contribution in [0.25, 0.3) is 0 Å². The van der Waals surface area contributed by atoms with Crippen molar-refractivity contribution in [3.05, 3.63) is 0 Å². The van der Waals surface area contributed by atoms with Gasteiger partial charge in [-0.25, -0.2) is 0 Å². The number of hydrogen-bond donors (Lipinski definition) is 1. The molecule has 1 rings (SSSR count). The number of likely N-dealkylation sites (tertiary alicyclic amines) is 1. The number of piperidine rings is 1. The Bertz CT molecular complexity index is 273. The molecule has 18 heavy (non-hydrogen) atoms. The number of amides is 2. The van der Waals surface area contributed by atoms with Gasteiger partial charge in [-0.1, -0.05) is 0 Å². The first kappa shape index (κ1) is 15.0. The second-order valence-electron chi connectivity index (χ2n) is 5.01. The minimum atomic E-state index is 0.138. The van der Waals surface area contributed by atoms with E-state index in [1.165, 1.54) is 6.42 Å². The largest absolute Gasteiger partial charge is 0.349 e. The lowest BCUT2D eigenvalue weighted by Gasteiger charge is -2.26. The Morgan fingerprint density at radius 2 is 1.83 bits per heavy atom. The molecule has 0 atom stereocenters. The molecular weight excluding hydrogens is 230 g/mol. The van der Waals surface area contributed by atoms with E-state index in [4.69, 9.17) is 0 Å². The summed E-state index contributed by atoms with van der Waals surface area (Å²) in [6, 6.07) is 0. The molecule has 2 amide bonds. The van der Waals surface area contributed by atoms with Gasteiger partial charge in [-0.05, 0) is 32.2 Å². The Labute approximate surface area is 110 Å². The van der Waals surface area contributed by atoms with Crippen LogP contribution in [0, 0.1) is 0 Å². The van der Waals surface area contributed by atoms with E-state index in [1.807, 2.05) is 4.90 Å². The van der Waals surface area contributed by atoms with Gasteiger partial charge in [0, 0.05) is 33.6 Å². The molecule has 0 aromatic carbocycles. The van der Waals surface area contributed by atoms with Crippen molar-refractivity contribution in [1.29, 1.82) is 0 Å². The lowest BCUT2D eigenvalue weighted by atomic mass is 10.1. The molecule has 0 aromatic heterocycles. The maximum absolute atomic E-state index is 11.8. The van der Waals surface area contributed by atoms with Gasteiger partial charge in [0.15, 0.2) is 0 Å². The molecule has 1 fully saturated rings. The van der Waals surface area contributed by atoms with Crippen LogP contribution >= 0.6 is 0 Å². The number of hydrogen-bond acceptors (Lipinski definition) is 3. The zero-order valence-electron chi connectivity index (χ0n) is 11.6. The smallest absolute Gasteiger partial charge is 0.236 e. The number of rotatable bonds is 6. The van der Waals surface area contributed by atoms with Crippen LogP contribution in [0.15, 0.2) is 0 Å². The summed E-state index contributed by atoms with van der Waals surface area (Å²) in [6.07, 6.45) is 4.82. The fourth-order valence-electron chi connectivity index (χ4n) is 2.04. The molecule has 0 spiro atoms. The Kier molecular flexibility index (Phi) is 6.72. The van der Waals surface area contributed by atoms with Gasteiger partial charge < -0.3 is 15.1 Å². The zero-order valence-corrected chi connectivity index (χ0v) is 11.6. The van der Waals surface area contributed by atoms with Gasteiger partial charge in [0.05, 0.1) is 6.54 Å².